The number of carbonyl (C=O) groups is 7. The second-order valence-electron chi connectivity index (χ2n) is 11.8. The maximum absolute atomic E-state index is 13.1. The summed E-state index contributed by atoms with van der Waals surface area (Å²) in [5, 5.41) is 42.6. The molecule has 0 aromatic rings. The number of rotatable bonds is 23. The molecular formula is C29H54N8O10. The number of aliphatic carboxylic acids is 1. The smallest absolute Gasteiger partial charge is 0.326 e. The van der Waals surface area contributed by atoms with Gasteiger partial charge < -0.3 is 58.7 Å². The zero-order chi connectivity index (χ0) is 36.3. The number of unbranched alkanes of at least 4 members (excludes halogenated alkanes) is 1. The number of nitrogens with one attached hydrogen (secondary N) is 6. The summed E-state index contributed by atoms with van der Waals surface area (Å²) in [6, 6.07) is -7.35. The van der Waals surface area contributed by atoms with Gasteiger partial charge in [-0.1, -0.05) is 34.1 Å². The fourth-order valence-corrected chi connectivity index (χ4v) is 4.16. The van der Waals surface area contributed by atoms with Gasteiger partial charge in [0.2, 0.25) is 35.4 Å². The van der Waals surface area contributed by atoms with Gasteiger partial charge in [0.25, 0.3) is 0 Å². The molecule has 0 aliphatic rings. The Bertz CT molecular complexity index is 1060. The average Bonchev–Trinajstić information content (AvgIpc) is 3.02. The summed E-state index contributed by atoms with van der Waals surface area (Å²) in [6.07, 6.45) is 1.80. The van der Waals surface area contributed by atoms with Gasteiger partial charge in [0.1, 0.15) is 36.3 Å². The maximum Gasteiger partial charge on any atom is 0.326 e. The van der Waals surface area contributed by atoms with Crippen molar-refractivity contribution in [3.63, 3.8) is 0 Å². The largest absolute Gasteiger partial charge is 0.480 e. The second kappa shape index (κ2) is 22.6. The van der Waals surface area contributed by atoms with Crippen molar-refractivity contribution in [2.45, 2.75) is 103 Å². The summed E-state index contributed by atoms with van der Waals surface area (Å²) in [6.45, 7) is 6.64. The van der Waals surface area contributed by atoms with E-state index in [1.165, 1.54) is 6.92 Å². The molecule has 0 spiro atoms. The van der Waals surface area contributed by atoms with Crippen molar-refractivity contribution >= 4 is 41.4 Å². The number of nitrogens with two attached hydrogens (primary N) is 2. The average molecular weight is 675 g/mol. The lowest BCUT2D eigenvalue weighted by Gasteiger charge is -2.26. The molecule has 0 saturated heterocycles. The first kappa shape index (κ1) is 43.1. The first-order chi connectivity index (χ1) is 22.0. The Balaban J connectivity index is 5.36. The van der Waals surface area contributed by atoms with Crippen molar-refractivity contribution < 1.29 is 48.9 Å². The molecule has 6 amide bonds. The first-order valence-electron chi connectivity index (χ1n) is 15.7. The molecular weight excluding hydrogens is 620 g/mol. The van der Waals surface area contributed by atoms with Gasteiger partial charge in [-0.15, -0.1) is 0 Å². The summed E-state index contributed by atoms with van der Waals surface area (Å²) in [5.74, 6) is -6.45. The molecule has 0 fully saturated rings. The van der Waals surface area contributed by atoms with Crippen LogP contribution in [0.25, 0.3) is 0 Å². The first-order valence-corrected chi connectivity index (χ1v) is 15.7. The van der Waals surface area contributed by atoms with Crippen LogP contribution in [0.1, 0.15) is 66.7 Å². The lowest BCUT2D eigenvalue weighted by molar-refractivity contribution is -0.142. The van der Waals surface area contributed by atoms with Crippen molar-refractivity contribution in [3.05, 3.63) is 0 Å². The van der Waals surface area contributed by atoms with Gasteiger partial charge in [-0.25, -0.2) is 4.79 Å². The van der Waals surface area contributed by atoms with Crippen LogP contribution < -0.4 is 43.4 Å². The molecule has 0 aliphatic heterocycles. The molecule has 0 radical (unpaired) electrons. The zero-order valence-electron chi connectivity index (χ0n) is 27.8. The van der Waals surface area contributed by atoms with Crippen molar-refractivity contribution in [1.82, 2.24) is 31.9 Å². The maximum atomic E-state index is 13.1. The molecule has 7 atom stereocenters. The summed E-state index contributed by atoms with van der Waals surface area (Å²) in [7, 11) is 0. The van der Waals surface area contributed by atoms with Gasteiger partial charge >= 0.3 is 5.97 Å². The van der Waals surface area contributed by atoms with Crippen LogP contribution in [0.15, 0.2) is 0 Å². The molecule has 13 N–H and O–H groups in total. The van der Waals surface area contributed by atoms with Crippen LogP contribution in [0.2, 0.25) is 0 Å². The molecule has 18 heteroatoms. The minimum Gasteiger partial charge on any atom is -0.480 e. The van der Waals surface area contributed by atoms with Crippen molar-refractivity contribution in [2.24, 2.45) is 23.3 Å². The molecule has 0 aromatic carbocycles. The number of hydrogen-bond donors (Lipinski definition) is 11. The van der Waals surface area contributed by atoms with Gasteiger partial charge in [0.05, 0.1) is 19.8 Å². The normalized spacial score (nSPS) is 15.5. The number of carboxylic acid groups (broad SMARTS) is 1. The third kappa shape index (κ3) is 16.5. The Morgan fingerprint density at radius 1 is 0.702 bits per heavy atom. The summed E-state index contributed by atoms with van der Waals surface area (Å²) in [4.78, 5) is 87.6. The van der Waals surface area contributed by atoms with E-state index in [4.69, 9.17) is 16.6 Å². The van der Waals surface area contributed by atoms with Crippen molar-refractivity contribution in [3.8, 4) is 0 Å². The molecule has 0 heterocycles. The van der Waals surface area contributed by atoms with Crippen LogP contribution in [0.4, 0.5) is 0 Å². The molecule has 18 nitrogen and oxygen atoms in total. The van der Waals surface area contributed by atoms with Crippen molar-refractivity contribution in [1.29, 1.82) is 0 Å². The highest BCUT2D eigenvalue weighted by molar-refractivity contribution is 5.96. The van der Waals surface area contributed by atoms with E-state index < -0.39 is 97.4 Å². The zero-order valence-corrected chi connectivity index (χ0v) is 27.8. The number of aliphatic hydroxyl groups is 2. The highest BCUT2D eigenvalue weighted by atomic mass is 16.4. The highest BCUT2D eigenvalue weighted by Crippen LogP contribution is 2.09. The van der Waals surface area contributed by atoms with Gasteiger partial charge in [0, 0.05) is 0 Å². The van der Waals surface area contributed by atoms with E-state index >= 15 is 0 Å². The number of amides is 6. The molecule has 0 rings (SSSR count). The molecule has 270 valence electrons. The topological polar surface area (TPSA) is 304 Å². The third-order valence-corrected chi connectivity index (χ3v) is 7.24. The predicted octanol–water partition coefficient (Wildman–Crippen LogP) is -3.84. The van der Waals surface area contributed by atoms with Gasteiger partial charge in [-0.3, -0.25) is 28.8 Å². The third-order valence-electron chi connectivity index (χ3n) is 7.24. The number of aliphatic hydroxyl groups excluding tert-OH is 2. The fraction of sp³-hybridized carbons (Fsp3) is 0.759. The number of carboxylic acids is 1. The van der Waals surface area contributed by atoms with E-state index in [1.807, 2.05) is 0 Å². The van der Waals surface area contributed by atoms with E-state index in [2.05, 4.69) is 31.9 Å². The Hall–Kier alpha value is -3.87. The van der Waals surface area contributed by atoms with Crippen molar-refractivity contribution in [2.75, 3.05) is 26.3 Å². The SMILES string of the molecule is CC[C@H](C)[C@H](NC(=O)[C@H](N)CO)C(=O)NCC(=O)N[C@H](CO)C(=O)N[C@H](CC(C)C)C(=O)N[C@@H](C)C(=O)N[C@H](CCCCN)C(=O)O. The Kier molecular flexibility index (Phi) is 20.8. The minimum absolute atomic E-state index is 0.114. The molecule has 0 aromatic heterocycles. The predicted molar refractivity (Wildman–Crippen MR) is 170 cm³/mol. The van der Waals surface area contributed by atoms with Crippen LogP contribution in [0.5, 0.6) is 0 Å². The summed E-state index contributed by atoms with van der Waals surface area (Å²) in [5.41, 5.74) is 10.9. The van der Waals surface area contributed by atoms with E-state index in [9.17, 15) is 43.8 Å². The second-order valence-corrected chi connectivity index (χ2v) is 11.8. The lowest BCUT2D eigenvalue weighted by Crippen LogP contribution is -2.59. The molecule has 0 aliphatic carbocycles. The van der Waals surface area contributed by atoms with Gasteiger partial charge in [-0.05, 0) is 51.0 Å². The van der Waals surface area contributed by atoms with Gasteiger partial charge in [0.15, 0.2) is 0 Å². The van der Waals surface area contributed by atoms with Gasteiger partial charge in [-0.2, -0.15) is 0 Å². The Morgan fingerprint density at radius 3 is 1.81 bits per heavy atom. The van der Waals surface area contributed by atoms with Crippen LogP contribution in [-0.2, 0) is 33.6 Å². The van der Waals surface area contributed by atoms with E-state index in [0.29, 0.717) is 25.8 Å². The van der Waals surface area contributed by atoms with Crippen LogP contribution in [-0.4, -0.2) is 119 Å². The quantitative estimate of drug-likeness (QED) is 0.0465. The number of carbonyl (C=O) groups excluding carboxylic acids is 6. The monoisotopic (exact) mass is 674 g/mol. The Morgan fingerprint density at radius 2 is 1.30 bits per heavy atom. The standard InChI is InChI=1S/C29H54N8O10/c1-6-16(4)23(37-25(42)18(31)13-38)28(45)32-12-22(40)34-21(14-39)27(44)36-20(11-15(2)3)26(43)33-17(5)24(41)35-19(29(46)47)9-7-8-10-30/h15-21,23,38-39H,6-14,30-31H2,1-5H3,(H,32,45)(H,33,43)(H,34,40)(H,35,41)(H,36,44)(H,37,42)(H,46,47)/t16-,17-,18+,19+,20+,21+,23-/m0/s1. The molecule has 47 heavy (non-hydrogen) atoms. The van der Waals surface area contributed by atoms with Crippen LogP contribution >= 0.6 is 0 Å². The van der Waals surface area contributed by atoms with E-state index in [-0.39, 0.29) is 24.7 Å². The van der Waals surface area contributed by atoms with Crippen LogP contribution in [0, 0.1) is 11.8 Å². The molecule has 0 unspecified atom stereocenters. The highest BCUT2D eigenvalue weighted by Gasteiger charge is 2.31. The van der Waals surface area contributed by atoms with E-state index in [0.717, 1.165) is 0 Å². The van der Waals surface area contributed by atoms with Crippen LogP contribution in [0.3, 0.4) is 0 Å². The molecule has 0 bridgehead atoms. The van der Waals surface area contributed by atoms with E-state index in [1.54, 1.807) is 27.7 Å². The number of hydrogen-bond acceptors (Lipinski definition) is 11. The minimum atomic E-state index is -1.51. The fourth-order valence-electron chi connectivity index (χ4n) is 4.16. The summed E-state index contributed by atoms with van der Waals surface area (Å²) >= 11 is 0. The molecule has 0 saturated carbocycles. The summed E-state index contributed by atoms with van der Waals surface area (Å²) < 4.78 is 0. The Labute approximate surface area is 274 Å². The lowest BCUT2D eigenvalue weighted by atomic mass is 9.98.